The monoisotopic (exact) mass is 782 g/mol. The molecule has 0 aliphatic carbocycles. The maximum absolute atomic E-state index is 9.69. The molecule has 15 nitrogen and oxygen atoms in total. The third-order valence-electron chi connectivity index (χ3n) is 3.47. The van der Waals surface area contributed by atoms with E-state index >= 15 is 0 Å². The van der Waals surface area contributed by atoms with E-state index in [1.165, 1.54) is 0 Å². The van der Waals surface area contributed by atoms with Crippen LogP contribution >= 0.6 is 43.0 Å². The molecular weight excluding hydrogens is 737 g/mol. The van der Waals surface area contributed by atoms with Gasteiger partial charge in [-0.3, -0.25) is 0 Å². The van der Waals surface area contributed by atoms with Gasteiger partial charge >= 0.3 is 37.1 Å². The minimum absolute atomic E-state index is 0. The second-order valence-corrected chi connectivity index (χ2v) is 10.6. The van der Waals surface area contributed by atoms with Gasteiger partial charge in [-0.2, -0.15) is 43.0 Å². The largest absolute Gasteiger partial charge is 5.00 e. The molecule has 0 rings (SSSR count). The third kappa shape index (κ3) is 96.8. The molecule has 0 heterocycles. The summed E-state index contributed by atoms with van der Waals surface area (Å²) in [7, 11) is -13.1. The Kier molecular flexibility index (Phi) is 80.2. The summed E-state index contributed by atoms with van der Waals surface area (Å²) in [5, 5.41) is 0. The van der Waals surface area contributed by atoms with E-state index in [-0.39, 0.29) is 37.1 Å². The maximum Gasteiger partial charge on any atom is 5.00 e. The fraction of sp³-hybridized carbons (Fsp3) is 1.00. The molecule has 0 radical (unpaired) electrons. The summed E-state index contributed by atoms with van der Waals surface area (Å²) >= 11 is 0. The first-order valence-electron chi connectivity index (χ1n) is 12.7. The van der Waals surface area contributed by atoms with Crippen molar-refractivity contribution in [3.8, 4) is 0 Å². The summed E-state index contributed by atoms with van der Waals surface area (Å²) in [4.78, 5) is 96.9. The van der Waals surface area contributed by atoms with E-state index < -0.39 is 43.0 Å². The van der Waals surface area contributed by atoms with Gasteiger partial charge < -0.3 is 71.6 Å². The van der Waals surface area contributed by atoms with Crippen LogP contribution in [-0.4, -0.2) is 33.0 Å². The molecule has 0 aromatic rings. The van der Waals surface area contributed by atoms with Crippen molar-refractivity contribution in [2.45, 2.75) is 98.8 Å². The zero-order chi connectivity index (χ0) is 32.0. The zero-order valence-corrected chi connectivity index (χ0v) is 32.1. The Morgan fingerprint density at radius 1 is 0.310 bits per heavy atom. The van der Waals surface area contributed by atoms with Crippen molar-refractivity contribution in [2.75, 3.05) is 33.0 Å². The molecule has 0 N–H and O–H groups in total. The average Bonchev–Trinajstić information content (AvgIpc) is 2.86. The summed E-state index contributed by atoms with van der Waals surface area (Å²) in [5.74, 6) is 0. The molecule has 0 aliphatic rings. The third-order valence-corrected chi connectivity index (χ3v) is 5.44. The van der Waals surface area contributed by atoms with Crippen LogP contribution in [0.3, 0.4) is 0 Å². The predicted molar refractivity (Wildman–Crippen MR) is 139 cm³/mol. The van der Waals surface area contributed by atoms with Crippen LogP contribution in [0, 0.1) is 0 Å². The second-order valence-electron chi connectivity index (χ2n) is 7.05. The van der Waals surface area contributed by atoms with Crippen molar-refractivity contribution < 1.29 is 109 Å². The Labute approximate surface area is 282 Å². The number of unbranched alkanes of at least 4 members (excludes halogenated alkanes) is 5. The molecular formula is C20H45O15P5V2. The van der Waals surface area contributed by atoms with E-state index in [1.54, 1.807) is 0 Å². The fourth-order valence-corrected chi connectivity index (χ4v) is 2.81. The van der Waals surface area contributed by atoms with Gasteiger partial charge in [0.05, 0.1) is 0 Å². The van der Waals surface area contributed by atoms with Gasteiger partial charge in [0.1, 0.15) is 0 Å². The molecule has 0 spiro atoms. The molecule has 0 unspecified atom stereocenters. The SMILES string of the molecule is CCCCOP([O-])[O-].CCCCOP([O-])[O-].CCCCOP([O-])[O-].CCCCOP([O-])[O-].CCCCOP([O-])[O-].[V+5].[V+5]. The van der Waals surface area contributed by atoms with Crippen LogP contribution in [0.15, 0.2) is 0 Å². The molecule has 0 saturated heterocycles. The summed E-state index contributed by atoms with van der Waals surface area (Å²) in [6.45, 7) is 11.5. The second kappa shape index (κ2) is 56.1. The van der Waals surface area contributed by atoms with Crippen LogP contribution in [0.2, 0.25) is 0 Å². The minimum atomic E-state index is -2.61. The van der Waals surface area contributed by atoms with Crippen molar-refractivity contribution in [1.82, 2.24) is 0 Å². The van der Waals surface area contributed by atoms with Crippen molar-refractivity contribution in [3.63, 3.8) is 0 Å². The van der Waals surface area contributed by atoms with Crippen LogP contribution in [0.4, 0.5) is 0 Å². The van der Waals surface area contributed by atoms with Gasteiger partial charge in [0.25, 0.3) is 0 Å². The van der Waals surface area contributed by atoms with Gasteiger partial charge in [-0.1, -0.05) is 66.7 Å². The molecule has 42 heavy (non-hydrogen) atoms. The van der Waals surface area contributed by atoms with Gasteiger partial charge in [0.15, 0.2) is 0 Å². The van der Waals surface area contributed by atoms with Crippen molar-refractivity contribution in [3.05, 3.63) is 0 Å². The molecule has 0 aromatic heterocycles. The number of rotatable bonds is 20. The Bertz CT molecular complexity index is 336. The van der Waals surface area contributed by atoms with Gasteiger partial charge in [0, 0.05) is 33.0 Å². The van der Waals surface area contributed by atoms with Crippen LogP contribution in [-0.2, 0) is 59.7 Å². The molecule has 0 fully saturated rings. The summed E-state index contributed by atoms with van der Waals surface area (Å²) < 4.78 is 21.2. The first kappa shape index (κ1) is 60.1. The predicted octanol–water partition coefficient (Wildman–Crippen LogP) is -1.25. The van der Waals surface area contributed by atoms with E-state index in [4.69, 9.17) is 0 Å². The molecule has 0 saturated carbocycles. The van der Waals surface area contributed by atoms with Crippen LogP contribution in [0.1, 0.15) is 98.8 Å². The smallest absolute Gasteiger partial charge is 0.820 e. The molecule has 0 aromatic carbocycles. The molecule has 0 amide bonds. The van der Waals surface area contributed by atoms with E-state index in [0.717, 1.165) is 64.2 Å². The van der Waals surface area contributed by atoms with Gasteiger partial charge in [0.2, 0.25) is 0 Å². The first-order chi connectivity index (χ1) is 18.9. The quantitative estimate of drug-likeness (QED) is 0.103. The molecule has 250 valence electrons. The van der Waals surface area contributed by atoms with E-state index in [0.29, 0.717) is 33.0 Å². The van der Waals surface area contributed by atoms with E-state index in [9.17, 15) is 48.9 Å². The normalized spacial score (nSPS) is 10.0. The molecule has 0 atom stereocenters. The number of hydrogen-bond donors (Lipinski definition) is 0. The van der Waals surface area contributed by atoms with Crippen molar-refractivity contribution in [2.24, 2.45) is 0 Å². The van der Waals surface area contributed by atoms with Crippen molar-refractivity contribution >= 4 is 43.0 Å². The summed E-state index contributed by atoms with van der Waals surface area (Å²) in [5.41, 5.74) is 0. The average molecular weight is 782 g/mol. The number of hydrogen-bond acceptors (Lipinski definition) is 15. The Morgan fingerprint density at radius 2 is 0.429 bits per heavy atom. The zero-order valence-electron chi connectivity index (χ0n) is 24.9. The molecule has 0 bridgehead atoms. The van der Waals surface area contributed by atoms with Crippen LogP contribution in [0.5, 0.6) is 0 Å². The van der Waals surface area contributed by atoms with Crippen LogP contribution in [0.25, 0.3) is 0 Å². The van der Waals surface area contributed by atoms with Crippen LogP contribution < -0.4 is 48.9 Å². The van der Waals surface area contributed by atoms with Gasteiger partial charge in [-0.05, 0) is 32.1 Å². The van der Waals surface area contributed by atoms with E-state index in [1.807, 2.05) is 34.6 Å². The topological polar surface area (TPSA) is 277 Å². The first-order valence-corrected chi connectivity index (χ1v) is 18.2. The van der Waals surface area contributed by atoms with Gasteiger partial charge in [-0.25, -0.2) is 0 Å². The Morgan fingerprint density at radius 3 is 0.500 bits per heavy atom. The Balaban J connectivity index is -0.0000000721. The summed E-state index contributed by atoms with van der Waals surface area (Å²) in [6.07, 6.45) is 8.85. The maximum atomic E-state index is 9.69. The standard InChI is InChI=1S/5C4H9O3P.2V/c5*1-2-3-4-7-8(5)6;;/h5*2-4H2,1H3;;/q5*-2;2*+5. The minimum Gasteiger partial charge on any atom is -0.820 e. The fourth-order valence-electron chi connectivity index (χ4n) is 1.42. The van der Waals surface area contributed by atoms with Crippen molar-refractivity contribution in [1.29, 1.82) is 0 Å². The van der Waals surface area contributed by atoms with Gasteiger partial charge in [-0.15, -0.1) is 0 Å². The molecule has 0 aliphatic heterocycles. The van der Waals surface area contributed by atoms with E-state index in [2.05, 4.69) is 22.6 Å². The molecule has 22 heteroatoms. The Hall–Kier alpha value is 2.72. The summed E-state index contributed by atoms with van der Waals surface area (Å²) in [6, 6.07) is 0.